The van der Waals surface area contributed by atoms with Crippen molar-refractivity contribution in [2.75, 3.05) is 0 Å². The van der Waals surface area contributed by atoms with Crippen LogP contribution in [-0.4, -0.2) is 26.2 Å². The van der Waals surface area contributed by atoms with Gasteiger partial charge in [-0.15, -0.1) is 0 Å². The van der Waals surface area contributed by atoms with Crippen molar-refractivity contribution in [2.24, 2.45) is 5.92 Å². The van der Waals surface area contributed by atoms with Gasteiger partial charge in [0.2, 0.25) is 0 Å². The molecule has 0 aromatic carbocycles. The molecule has 0 amide bonds. The van der Waals surface area contributed by atoms with E-state index in [1.54, 1.807) is 4.80 Å². The highest BCUT2D eigenvalue weighted by molar-refractivity contribution is 5.06. The first-order valence-electron chi connectivity index (χ1n) is 7.22. The zero-order valence-corrected chi connectivity index (χ0v) is 11.8. The van der Waals surface area contributed by atoms with E-state index in [-0.39, 0.29) is 12.1 Å². The summed E-state index contributed by atoms with van der Waals surface area (Å²) < 4.78 is 0. The molecule has 4 heteroatoms. The van der Waals surface area contributed by atoms with Crippen molar-refractivity contribution in [3.05, 3.63) is 11.4 Å². The fourth-order valence-corrected chi connectivity index (χ4v) is 2.74. The van der Waals surface area contributed by atoms with Crippen LogP contribution < -0.4 is 0 Å². The topological polar surface area (TPSA) is 50.9 Å². The van der Waals surface area contributed by atoms with Crippen LogP contribution >= 0.6 is 0 Å². The molecule has 3 unspecified atom stereocenters. The van der Waals surface area contributed by atoms with E-state index in [1.165, 1.54) is 6.42 Å². The zero-order chi connectivity index (χ0) is 13.1. The van der Waals surface area contributed by atoms with Crippen LogP contribution in [0.1, 0.15) is 63.4 Å². The molecule has 1 aromatic rings. The van der Waals surface area contributed by atoms with Gasteiger partial charge in [0.15, 0.2) is 0 Å². The highest BCUT2D eigenvalue weighted by Gasteiger charge is 2.30. The van der Waals surface area contributed by atoms with Gasteiger partial charge in [-0.05, 0) is 44.9 Å². The first-order valence-corrected chi connectivity index (χ1v) is 7.22. The molecule has 0 bridgehead atoms. The minimum absolute atomic E-state index is 0.0721. The lowest BCUT2D eigenvalue weighted by molar-refractivity contribution is 0.0447. The number of nitrogens with zero attached hydrogens (tertiary/aromatic N) is 3. The van der Waals surface area contributed by atoms with Crippen LogP contribution in [0.5, 0.6) is 0 Å². The van der Waals surface area contributed by atoms with Crippen molar-refractivity contribution in [3.63, 3.8) is 0 Å². The second-order valence-corrected chi connectivity index (χ2v) is 5.71. The molecule has 1 saturated carbocycles. The predicted octanol–water partition coefficient (Wildman–Crippen LogP) is 2.65. The van der Waals surface area contributed by atoms with Gasteiger partial charge < -0.3 is 5.11 Å². The fraction of sp³-hybridized carbons (Fsp3) is 0.857. The summed E-state index contributed by atoms with van der Waals surface area (Å²) in [6.45, 7) is 6.45. The number of aliphatic hydroxyl groups excluding tert-OH is 1. The third kappa shape index (κ3) is 2.91. The lowest BCUT2D eigenvalue weighted by Crippen LogP contribution is -2.32. The van der Waals surface area contributed by atoms with E-state index in [0.717, 1.165) is 43.5 Å². The molecule has 3 atom stereocenters. The number of aryl methyl sites for hydroxylation is 2. The molecule has 1 aliphatic rings. The molecular weight excluding hydrogens is 226 g/mol. The summed E-state index contributed by atoms with van der Waals surface area (Å²) in [6, 6.07) is 0.0721. The molecule has 0 radical (unpaired) electrons. The molecule has 1 N–H and O–H groups in total. The van der Waals surface area contributed by atoms with E-state index >= 15 is 0 Å². The number of hydrogen-bond acceptors (Lipinski definition) is 3. The number of hydrogen-bond donors (Lipinski definition) is 1. The van der Waals surface area contributed by atoms with Gasteiger partial charge in [-0.2, -0.15) is 15.0 Å². The summed E-state index contributed by atoms with van der Waals surface area (Å²) in [4.78, 5) is 1.78. The van der Waals surface area contributed by atoms with Gasteiger partial charge >= 0.3 is 0 Å². The van der Waals surface area contributed by atoms with E-state index < -0.39 is 0 Å². The van der Waals surface area contributed by atoms with Crippen LogP contribution in [0.3, 0.4) is 0 Å². The molecule has 0 saturated heterocycles. The molecule has 1 heterocycles. The molecule has 1 fully saturated rings. The molecule has 1 aromatic heterocycles. The van der Waals surface area contributed by atoms with Gasteiger partial charge in [0.25, 0.3) is 0 Å². The highest BCUT2D eigenvalue weighted by atomic mass is 16.3. The van der Waals surface area contributed by atoms with Crippen molar-refractivity contribution in [3.8, 4) is 0 Å². The van der Waals surface area contributed by atoms with E-state index in [0.29, 0.717) is 5.92 Å². The molecule has 2 rings (SSSR count). The first kappa shape index (κ1) is 13.5. The van der Waals surface area contributed by atoms with Crippen LogP contribution in [-0.2, 0) is 6.42 Å². The normalized spacial score (nSPS) is 28.6. The molecule has 0 aliphatic heterocycles. The SMILES string of the molecule is CCCCc1nn(C2CC(C)CCC2O)nc1C. The van der Waals surface area contributed by atoms with Crippen LogP contribution in [0.25, 0.3) is 0 Å². The van der Waals surface area contributed by atoms with E-state index in [9.17, 15) is 5.11 Å². The van der Waals surface area contributed by atoms with Crippen molar-refractivity contribution in [1.29, 1.82) is 0 Å². The summed E-state index contributed by atoms with van der Waals surface area (Å²) in [6.07, 6.45) is 6.02. The van der Waals surface area contributed by atoms with E-state index in [4.69, 9.17) is 0 Å². The van der Waals surface area contributed by atoms with Gasteiger partial charge in [0.1, 0.15) is 0 Å². The second-order valence-electron chi connectivity index (χ2n) is 5.71. The van der Waals surface area contributed by atoms with Crippen molar-refractivity contribution < 1.29 is 5.11 Å². The summed E-state index contributed by atoms with van der Waals surface area (Å²) in [5.41, 5.74) is 2.12. The monoisotopic (exact) mass is 251 g/mol. The summed E-state index contributed by atoms with van der Waals surface area (Å²) >= 11 is 0. The number of aromatic nitrogens is 3. The Hall–Kier alpha value is -0.900. The lowest BCUT2D eigenvalue weighted by Gasteiger charge is -2.30. The molecule has 0 spiro atoms. The molecule has 1 aliphatic carbocycles. The van der Waals surface area contributed by atoms with Gasteiger partial charge in [0.05, 0.1) is 23.5 Å². The van der Waals surface area contributed by atoms with Crippen LogP contribution in [0.4, 0.5) is 0 Å². The third-order valence-corrected chi connectivity index (χ3v) is 4.00. The Morgan fingerprint density at radius 1 is 1.33 bits per heavy atom. The number of unbranched alkanes of at least 4 members (excludes halogenated alkanes) is 1. The highest BCUT2D eigenvalue weighted by Crippen LogP contribution is 2.31. The average Bonchev–Trinajstić information content (AvgIpc) is 2.71. The van der Waals surface area contributed by atoms with Gasteiger partial charge in [-0.1, -0.05) is 20.3 Å². The Bertz CT molecular complexity index is 388. The minimum atomic E-state index is -0.285. The first-order chi connectivity index (χ1) is 8.61. The Morgan fingerprint density at radius 2 is 2.11 bits per heavy atom. The lowest BCUT2D eigenvalue weighted by atomic mass is 9.85. The number of aliphatic hydroxyl groups is 1. The van der Waals surface area contributed by atoms with E-state index in [2.05, 4.69) is 24.0 Å². The van der Waals surface area contributed by atoms with Gasteiger partial charge in [0, 0.05) is 0 Å². The Kier molecular flexibility index (Phi) is 4.38. The van der Waals surface area contributed by atoms with Gasteiger partial charge in [-0.25, -0.2) is 0 Å². The number of rotatable bonds is 4. The van der Waals surface area contributed by atoms with Crippen molar-refractivity contribution in [2.45, 2.75) is 71.4 Å². The molecule has 4 nitrogen and oxygen atoms in total. The molecule has 18 heavy (non-hydrogen) atoms. The van der Waals surface area contributed by atoms with Gasteiger partial charge in [-0.3, -0.25) is 0 Å². The standard InChI is InChI=1S/C14H25N3O/c1-4-5-6-12-11(3)15-17(16-12)13-9-10(2)7-8-14(13)18/h10,13-14,18H,4-9H2,1-3H3. The molecular formula is C14H25N3O. The maximum Gasteiger partial charge on any atom is 0.0977 e. The summed E-state index contributed by atoms with van der Waals surface area (Å²) in [5, 5.41) is 19.2. The largest absolute Gasteiger partial charge is 0.391 e. The van der Waals surface area contributed by atoms with Crippen LogP contribution in [0, 0.1) is 12.8 Å². The maximum atomic E-state index is 10.1. The van der Waals surface area contributed by atoms with Crippen LogP contribution in [0.2, 0.25) is 0 Å². The Morgan fingerprint density at radius 3 is 2.83 bits per heavy atom. The second kappa shape index (κ2) is 5.83. The van der Waals surface area contributed by atoms with Crippen LogP contribution in [0.15, 0.2) is 0 Å². The predicted molar refractivity (Wildman–Crippen MR) is 71.4 cm³/mol. The zero-order valence-electron chi connectivity index (χ0n) is 11.8. The Balaban J connectivity index is 2.12. The fourth-order valence-electron chi connectivity index (χ4n) is 2.74. The average molecular weight is 251 g/mol. The Labute approximate surface area is 109 Å². The van der Waals surface area contributed by atoms with E-state index in [1.807, 2.05) is 6.92 Å². The van der Waals surface area contributed by atoms with Crippen molar-refractivity contribution >= 4 is 0 Å². The van der Waals surface area contributed by atoms with Crippen molar-refractivity contribution in [1.82, 2.24) is 15.0 Å². The maximum absolute atomic E-state index is 10.1. The minimum Gasteiger partial charge on any atom is -0.391 e. The quantitative estimate of drug-likeness (QED) is 0.895. The third-order valence-electron chi connectivity index (χ3n) is 4.00. The summed E-state index contributed by atoms with van der Waals surface area (Å²) in [7, 11) is 0. The smallest absolute Gasteiger partial charge is 0.0977 e. The molecule has 102 valence electrons. The summed E-state index contributed by atoms with van der Waals surface area (Å²) in [5.74, 6) is 0.656.